The Morgan fingerprint density at radius 1 is 1.19 bits per heavy atom. The topological polar surface area (TPSA) is 49.9 Å². The molecule has 2 aliphatic heterocycles. The van der Waals surface area contributed by atoms with E-state index < -0.39 is 0 Å². The van der Waals surface area contributed by atoms with E-state index in [2.05, 4.69) is 12.1 Å². The van der Waals surface area contributed by atoms with E-state index in [-0.39, 0.29) is 17.7 Å². The molecule has 1 aromatic rings. The molecule has 2 aliphatic rings. The third-order valence-corrected chi connectivity index (χ3v) is 5.95. The van der Waals surface area contributed by atoms with Crippen molar-refractivity contribution in [3.63, 3.8) is 0 Å². The van der Waals surface area contributed by atoms with Crippen LogP contribution in [0.4, 0.5) is 0 Å². The molecule has 3 rings (SSSR count). The molecule has 1 unspecified atom stereocenters. The van der Waals surface area contributed by atoms with Gasteiger partial charge in [0.1, 0.15) is 0 Å². The first-order chi connectivity index (χ1) is 13.1. The van der Waals surface area contributed by atoms with Crippen molar-refractivity contribution in [2.75, 3.05) is 39.9 Å². The van der Waals surface area contributed by atoms with E-state index in [4.69, 9.17) is 4.74 Å². The summed E-state index contributed by atoms with van der Waals surface area (Å²) in [5.41, 5.74) is 1.23. The molecule has 0 saturated carbocycles. The molecule has 2 saturated heterocycles. The van der Waals surface area contributed by atoms with Crippen LogP contribution in [-0.4, -0.2) is 61.5 Å². The van der Waals surface area contributed by atoms with Crippen LogP contribution in [0.2, 0.25) is 0 Å². The minimum atomic E-state index is -0.0573. The lowest BCUT2D eigenvalue weighted by molar-refractivity contribution is -0.142. The van der Waals surface area contributed by atoms with E-state index in [1.807, 2.05) is 35.0 Å². The lowest BCUT2D eigenvalue weighted by Gasteiger charge is -2.34. The van der Waals surface area contributed by atoms with Gasteiger partial charge >= 0.3 is 0 Å². The predicted molar refractivity (Wildman–Crippen MR) is 105 cm³/mol. The van der Waals surface area contributed by atoms with Gasteiger partial charge in [-0.1, -0.05) is 30.3 Å². The predicted octanol–water partition coefficient (Wildman–Crippen LogP) is 2.74. The first kappa shape index (κ1) is 19.9. The van der Waals surface area contributed by atoms with Gasteiger partial charge in [0.25, 0.3) is 0 Å². The molecule has 5 nitrogen and oxygen atoms in total. The van der Waals surface area contributed by atoms with Crippen LogP contribution in [0.3, 0.4) is 0 Å². The summed E-state index contributed by atoms with van der Waals surface area (Å²) < 4.78 is 5.41. The summed E-state index contributed by atoms with van der Waals surface area (Å²) in [6.45, 7) is 3.76. The van der Waals surface area contributed by atoms with Crippen molar-refractivity contribution in [1.82, 2.24) is 9.80 Å². The van der Waals surface area contributed by atoms with Crippen molar-refractivity contribution in [2.45, 2.75) is 38.5 Å². The summed E-state index contributed by atoms with van der Waals surface area (Å²) in [6, 6.07) is 10.2. The van der Waals surface area contributed by atoms with E-state index in [1.54, 1.807) is 0 Å². The van der Waals surface area contributed by atoms with E-state index in [1.165, 1.54) is 5.56 Å². The second-order valence-corrected chi connectivity index (χ2v) is 7.92. The molecule has 0 radical (unpaired) electrons. The minimum Gasteiger partial charge on any atom is -0.381 e. The molecule has 5 heteroatoms. The van der Waals surface area contributed by atoms with E-state index in [0.717, 1.165) is 45.4 Å². The van der Waals surface area contributed by atoms with Crippen molar-refractivity contribution in [3.8, 4) is 0 Å². The third kappa shape index (κ3) is 5.80. The quantitative estimate of drug-likeness (QED) is 0.739. The second-order valence-electron chi connectivity index (χ2n) is 7.92. The fraction of sp³-hybridized carbons (Fsp3) is 0.636. The van der Waals surface area contributed by atoms with E-state index in [9.17, 15) is 9.59 Å². The van der Waals surface area contributed by atoms with Gasteiger partial charge in [0.15, 0.2) is 0 Å². The summed E-state index contributed by atoms with van der Waals surface area (Å²) in [5.74, 6) is 0.988. The molecule has 27 heavy (non-hydrogen) atoms. The number of ether oxygens (including phenoxy) is 1. The standard InChI is InChI=1S/C22H32N2O3/c1-23(13-9-19-11-15-27-16-12-19)22(26)20-7-8-21(25)24(17-20)14-10-18-5-3-2-4-6-18/h2-6,19-20H,7-17H2,1H3. The Kier molecular flexibility index (Phi) is 7.27. The maximum Gasteiger partial charge on any atom is 0.227 e. The number of carbonyl (C=O) groups is 2. The van der Waals surface area contributed by atoms with Gasteiger partial charge in [-0.05, 0) is 43.6 Å². The number of piperidine rings is 1. The lowest BCUT2D eigenvalue weighted by atomic mass is 9.94. The molecule has 2 amide bonds. The molecule has 1 atom stereocenters. The fourth-order valence-corrected chi connectivity index (χ4v) is 4.07. The number of hydrogen-bond acceptors (Lipinski definition) is 3. The molecule has 0 spiro atoms. The highest BCUT2D eigenvalue weighted by atomic mass is 16.5. The largest absolute Gasteiger partial charge is 0.381 e. The molecule has 1 aromatic carbocycles. The molecular formula is C22H32N2O3. The molecular weight excluding hydrogens is 340 g/mol. The first-order valence-electron chi connectivity index (χ1n) is 10.3. The van der Waals surface area contributed by atoms with Crippen LogP contribution < -0.4 is 0 Å². The number of rotatable bonds is 7. The maximum atomic E-state index is 12.9. The second kappa shape index (κ2) is 9.88. The molecule has 0 bridgehead atoms. The lowest BCUT2D eigenvalue weighted by Crippen LogP contribution is -2.47. The summed E-state index contributed by atoms with van der Waals surface area (Å²) >= 11 is 0. The SMILES string of the molecule is CN(CCC1CCOCC1)C(=O)C1CCC(=O)N(CCc2ccccc2)C1. The van der Waals surface area contributed by atoms with Crippen LogP contribution in [0.25, 0.3) is 0 Å². The summed E-state index contributed by atoms with van der Waals surface area (Å²) in [7, 11) is 1.91. The average Bonchev–Trinajstić information content (AvgIpc) is 2.72. The van der Waals surface area contributed by atoms with Crippen LogP contribution >= 0.6 is 0 Å². The van der Waals surface area contributed by atoms with Crippen molar-refractivity contribution in [3.05, 3.63) is 35.9 Å². The number of nitrogens with zero attached hydrogens (tertiary/aromatic N) is 2. The highest BCUT2D eigenvalue weighted by Gasteiger charge is 2.31. The van der Waals surface area contributed by atoms with Crippen LogP contribution in [-0.2, 0) is 20.7 Å². The number of carbonyl (C=O) groups excluding carboxylic acids is 2. The molecule has 0 N–H and O–H groups in total. The Hall–Kier alpha value is -1.88. The zero-order valence-corrected chi connectivity index (χ0v) is 16.4. The summed E-state index contributed by atoms with van der Waals surface area (Å²) in [4.78, 5) is 28.9. The third-order valence-electron chi connectivity index (χ3n) is 5.95. The van der Waals surface area contributed by atoms with Gasteiger partial charge < -0.3 is 14.5 Å². The zero-order chi connectivity index (χ0) is 19.1. The normalized spacial score (nSPS) is 21.3. The van der Waals surface area contributed by atoms with Gasteiger partial charge in [0, 0.05) is 46.3 Å². The number of benzene rings is 1. The monoisotopic (exact) mass is 372 g/mol. The van der Waals surface area contributed by atoms with Crippen LogP contribution in [0.15, 0.2) is 30.3 Å². The van der Waals surface area contributed by atoms with Crippen molar-refractivity contribution in [1.29, 1.82) is 0 Å². The Bertz CT molecular complexity index is 613. The number of likely N-dealkylation sites (tertiary alicyclic amines) is 1. The van der Waals surface area contributed by atoms with Crippen LogP contribution in [0.1, 0.15) is 37.7 Å². The molecule has 0 aliphatic carbocycles. The van der Waals surface area contributed by atoms with Crippen molar-refractivity contribution >= 4 is 11.8 Å². The van der Waals surface area contributed by atoms with Gasteiger partial charge in [-0.3, -0.25) is 9.59 Å². The van der Waals surface area contributed by atoms with Crippen molar-refractivity contribution in [2.24, 2.45) is 11.8 Å². The number of amides is 2. The summed E-state index contributed by atoms with van der Waals surface area (Å²) in [5, 5.41) is 0. The fourth-order valence-electron chi connectivity index (χ4n) is 4.07. The maximum absolute atomic E-state index is 12.9. The average molecular weight is 373 g/mol. The Morgan fingerprint density at radius 2 is 1.93 bits per heavy atom. The highest BCUT2D eigenvalue weighted by Crippen LogP contribution is 2.22. The molecule has 0 aromatic heterocycles. The Labute approximate surface area is 162 Å². The highest BCUT2D eigenvalue weighted by molar-refractivity contribution is 5.83. The summed E-state index contributed by atoms with van der Waals surface area (Å²) in [6.07, 6.45) is 5.27. The first-order valence-corrected chi connectivity index (χ1v) is 10.3. The molecule has 148 valence electrons. The zero-order valence-electron chi connectivity index (χ0n) is 16.4. The number of hydrogen-bond donors (Lipinski definition) is 0. The molecule has 2 fully saturated rings. The van der Waals surface area contributed by atoms with Gasteiger partial charge in [-0.2, -0.15) is 0 Å². The minimum absolute atomic E-state index is 0.0573. The van der Waals surface area contributed by atoms with Gasteiger partial charge in [-0.15, -0.1) is 0 Å². The smallest absolute Gasteiger partial charge is 0.227 e. The van der Waals surface area contributed by atoms with Crippen LogP contribution in [0.5, 0.6) is 0 Å². The van der Waals surface area contributed by atoms with Crippen LogP contribution in [0, 0.1) is 11.8 Å². The molecule has 2 heterocycles. The Morgan fingerprint density at radius 3 is 2.67 bits per heavy atom. The van der Waals surface area contributed by atoms with Gasteiger partial charge in [0.05, 0.1) is 5.92 Å². The van der Waals surface area contributed by atoms with Crippen molar-refractivity contribution < 1.29 is 14.3 Å². The van der Waals surface area contributed by atoms with Gasteiger partial charge in [0.2, 0.25) is 11.8 Å². The van der Waals surface area contributed by atoms with Gasteiger partial charge in [-0.25, -0.2) is 0 Å². The Balaban J connectivity index is 1.46. The van der Waals surface area contributed by atoms with E-state index >= 15 is 0 Å². The van der Waals surface area contributed by atoms with E-state index in [0.29, 0.717) is 31.8 Å².